The Bertz CT molecular complexity index is 405. The molecule has 1 aromatic rings. The minimum absolute atomic E-state index is 0.138. The van der Waals surface area contributed by atoms with Crippen molar-refractivity contribution < 1.29 is 19.7 Å². The molecule has 1 fully saturated rings. The van der Waals surface area contributed by atoms with Gasteiger partial charge in [0.05, 0.1) is 12.2 Å². The van der Waals surface area contributed by atoms with E-state index >= 15 is 0 Å². The van der Waals surface area contributed by atoms with Gasteiger partial charge in [-0.25, -0.2) is 4.79 Å². The van der Waals surface area contributed by atoms with Gasteiger partial charge in [-0.2, -0.15) is 0 Å². The Balaban J connectivity index is 1.76. The molecule has 0 aliphatic heterocycles. The molecule has 2 rings (SSSR count). The maximum Gasteiger partial charge on any atom is 0.338 e. The second kappa shape index (κ2) is 6.57. The fourth-order valence-electron chi connectivity index (χ4n) is 2.46. The van der Waals surface area contributed by atoms with Gasteiger partial charge in [0.1, 0.15) is 5.75 Å². The molecule has 1 saturated carbocycles. The summed E-state index contributed by atoms with van der Waals surface area (Å²) in [5.41, 5.74) is 0.460. The molecule has 0 radical (unpaired) electrons. The summed E-state index contributed by atoms with van der Waals surface area (Å²) in [5.74, 6) is 0.621. The van der Waals surface area contributed by atoms with E-state index in [1.807, 2.05) is 0 Å². The predicted molar refractivity (Wildman–Crippen MR) is 70.9 cm³/mol. The first-order valence-electron chi connectivity index (χ1n) is 6.76. The molecule has 104 valence electrons. The molecule has 0 saturated heterocycles. The Kier molecular flexibility index (Phi) is 4.80. The summed E-state index contributed by atoms with van der Waals surface area (Å²) >= 11 is 0. The molecule has 4 heteroatoms. The Morgan fingerprint density at radius 1 is 1.11 bits per heavy atom. The quantitative estimate of drug-likeness (QED) is 0.819. The van der Waals surface area contributed by atoms with E-state index in [9.17, 15) is 4.79 Å². The molecule has 0 atom stereocenters. The molecule has 19 heavy (non-hydrogen) atoms. The van der Waals surface area contributed by atoms with Crippen molar-refractivity contribution in [3.8, 4) is 5.75 Å². The molecule has 0 heterocycles. The van der Waals surface area contributed by atoms with Crippen LogP contribution in [0.2, 0.25) is 0 Å². The van der Waals surface area contributed by atoms with E-state index in [-0.39, 0.29) is 18.3 Å². The van der Waals surface area contributed by atoms with Gasteiger partial charge < -0.3 is 14.9 Å². The number of carbonyl (C=O) groups is 1. The predicted octanol–water partition coefficient (Wildman–Crippen LogP) is 2.35. The topological polar surface area (TPSA) is 66.8 Å². The Morgan fingerprint density at radius 2 is 1.68 bits per heavy atom. The number of hydrogen-bond donors (Lipinski definition) is 2. The molecule has 2 N–H and O–H groups in total. The zero-order chi connectivity index (χ0) is 13.7. The second-order valence-electron chi connectivity index (χ2n) is 5.21. The van der Waals surface area contributed by atoms with Crippen LogP contribution in [0.25, 0.3) is 0 Å². The first kappa shape index (κ1) is 13.9. The van der Waals surface area contributed by atoms with Crippen LogP contribution in [0.3, 0.4) is 0 Å². The summed E-state index contributed by atoms with van der Waals surface area (Å²) < 4.78 is 5.29. The van der Waals surface area contributed by atoms with E-state index in [4.69, 9.17) is 14.9 Å². The van der Waals surface area contributed by atoms with Crippen LogP contribution >= 0.6 is 0 Å². The maximum absolute atomic E-state index is 11.8. The van der Waals surface area contributed by atoms with Gasteiger partial charge in [-0.3, -0.25) is 0 Å². The van der Waals surface area contributed by atoms with Gasteiger partial charge in [0.15, 0.2) is 0 Å². The van der Waals surface area contributed by atoms with Crippen molar-refractivity contribution in [2.45, 2.75) is 25.7 Å². The number of aromatic hydroxyl groups is 1. The van der Waals surface area contributed by atoms with E-state index in [1.165, 1.54) is 12.1 Å². The van der Waals surface area contributed by atoms with E-state index in [2.05, 4.69) is 0 Å². The van der Waals surface area contributed by atoms with Gasteiger partial charge in [0.2, 0.25) is 0 Å². The van der Waals surface area contributed by atoms with Crippen molar-refractivity contribution in [3.63, 3.8) is 0 Å². The maximum atomic E-state index is 11.8. The number of carbonyl (C=O) groups excluding carboxylic acids is 1. The fourth-order valence-corrected chi connectivity index (χ4v) is 2.46. The smallest absolute Gasteiger partial charge is 0.338 e. The minimum Gasteiger partial charge on any atom is -0.508 e. The lowest BCUT2D eigenvalue weighted by Gasteiger charge is -2.26. The zero-order valence-electron chi connectivity index (χ0n) is 10.9. The summed E-state index contributed by atoms with van der Waals surface area (Å²) in [6.45, 7) is 0.706. The van der Waals surface area contributed by atoms with Gasteiger partial charge in [-0.1, -0.05) is 0 Å². The number of phenols is 1. The largest absolute Gasteiger partial charge is 0.508 e. The highest BCUT2D eigenvalue weighted by molar-refractivity contribution is 5.89. The van der Waals surface area contributed by atoms with E-state index in [1.54, 1.807) is 12.1 Å². The van der Waals surface area contributed by atoms with Crippen molar-refractivity contribution in [1.29, 1.82) is 0 Å². The van der Waals surface area contributed by atoms with E-state index in [0.29, 0.717) is 24.0 Å². The van der Waals surface area contributed by atoms with E-state index in [0.717, 1.165) is 25.7 Å². The number of benzene rings is 1. The summed E-state index contributed by atoms with van der Waals surface area (Å²) in [5, 5.41) is 18.2. The molecule has 1 aliphatic rings. The first-order chi connectivity index (χ1) is 9.19. The van der Waals surface area contributed by atoms with Gasteiger partial charge in [-0.15, -0.1) is 0 Å². The molecule has 0 unspecified atom stereocenters. The van der Waals surface area contributed by atoms with Gasteiger partial charge in [0, 0.05) is 6.61 Å². The van der Waals surface area contributed by atoms with Crippen LogP contribution < -0.4 is 0 Å². The lowest BCUT2D eigenvalue weighted by atomic mass is 9.83. The Morgan fingerprint density at radius 3 is 2.26 bits per heavy atom. The molecular formula is C15H20O4. The summed E-state index contributed by atoms with van der Waals surface area (Å²) in [6, 6.07) is 6.06. The third-order valence-electron chi connectivity index (χ3n) is 3.78. The third-order valence-corrected chi connectivity index (χ3v) is 3.78. The number of aliphatic hydroxyl groups is 1. The summed E-state index contributed by atoms with van der Waals surface area (Å²) in [6.07, 6.45) is 4.04. The molecule has 1 aliphatic carbocycles. The van der Waals surface area contributed by atoms with Crippen molar-refractivity contribution >= 4 is 5.97 Å². The van der Waals surface area contributed by atoms with Crippen LogP contribution in [-0.4, -0.2) is 29.4 Å². The third kappa shape index (κ3) is 3.96. The first-order valence-corrected chi connectivity index (χ1v) is 6.76. The van der Waals surface area contributed by atoms with Crippen LogP contribution in [0.5, 0.6) is 5.75 Å². The fraction of sp³-hybridized carbons (Fsp3) is 0.533. The van der Waals surface area contributed by atoms with E-state index < -0.39 is 0 Å². The number of esters is 1. The van der Waals surface area contributed by atoms with Gasteiger partial charge >= 0.3 is 5.97 Å². The molecule has 1 aromatic carbocycles. The normalized spacial score (nSPS) is 23.0. The van der Waals surface area contributed by atoms with Crippen LogP contribution in [0.1, 0.15) is 36.0 Å². The highest BCUT2D eigenvalue weighted by Crippen LogP contribution is 2.28. The second-order valence-corrected chi connectivity index (χ2v) is 5.21. The van der Waals surface area contributed by atoms with Crippen molar-refractivity contribution in [1.82, 2.24) is 0 Å². The highest BCUT2D eigenvalue weighted by atomic mass is 16.5. The highest BCUT2D eigenvalue weighted by Gasteiger charge is 2.21. The molecular weight excluding hydrogens is 244 g/mol. The van der Waals surface area contributed by atoms with Crippen molar-refractivity contribution in [2.24, 2.45) is 11.8 Å². The average Bonchev–Trinajstić information content (AvgIpc) is 2.46. The van der Waals surface area contributed by atoms with Gasteiger partial charge in [-0.05, 0) is 61.8 Å². The van der Waals surface area contributed by atoms with Crippen LogP contribution in [0.4, 0.5) is 0 Å². The lowest BCUT2D eigenvalue weighted by Crippen LogP contribution is -2.22. The zero-order valence-corrected chi connectivity index (χ0v) is 10.9. The standard InChI is InChI=1S/C15H20O4/c16-9-11-1-3-12(4-2-11)10-19-15(18)13-5-7-14(17)8-6-13/h5-8,11-12,16-17H,1-4,9-10H2. The van der Waals surface area contributed by atoms with Crippen molar-refractivity contribution in [3.05, 3.63) is 29.8 Å². The number of hydrogen-bond acceptors (Lipinski definition) is 4. The molecule has 0 spiro atoms. The molecule has 0 aromatic heterocycles. The monoisotopic (exact) mass is 264 g/mol. The number of aliphatic hydroxyl groups excluding tert-OH is 1. The Hall–Kier alpha value is -1.55. The minimum atomic E-state index is -0.343. The molecule has 0 amide bonds. The van der Waals surface area contributed by atoms with Crippen LogP contribution in [0.15, 0.2) is 24.3 Å². The van der Waals surface area contributed by atoms with Crippen LogP contribution in [-0.2, 0) is 4.74 Å². The number of rotatable bonds is 4. The summed E-state index contributed by atoms with van der Waals surface area (Å²) in [4.78, 5) is 11.8. The number of ether oxygens (including phenoxy) is 1. The molecule has 0 bridgehead atoms. The van der Waals surface area contributed by atoms with Crippen molar-refractivity contribution in [2.75, 3.05) is 13.2 Å². The molecule has 4 nitrogen and oxygen atoms in total. The van der Waals surface area contributed by atoms with Gasteiger partial charge in [0.25, 0.3) is 0 Å². The number of phenolic OH excluding ortho intramolecular Hbond substituents is 1. The SMILES string of the molecule is O=C(OCC1CCC(CO)CC1)c1ccc(O)cc1. The summed E-state index contributed by atoms with van der Waals surface area (Å²) in [7, 11) is 0. The Labute approximate surface area is 113 Å². The van der Waals surface area contributed by atoms with Crippen LogP contribution in [0, 0.1) is 11.8 Å². The average molecular weight is 264 g/mol. The lowest BCUT2D eigenvalue weighted by molar-refractivity contribution is 0.0379.